The van der Waals surface area contributed by atoms with Crippen LogP contribution in [0.15, 0.2) is 20.6 Å². The van der Waals surface area contributed by atoms with Gasteiger partial charge in [0.05, 0.1) is 6.34 Å². The third kappa shape index (κ3) is 2.88. The summed E-state index contributed by atoms with van der Waals surface area (Å²) in [5, 5.41) is 0. The first-order valence-electron chi connectivity index (χ1n) is 5.91. The van der Waals surface area contributed by atoms with Gasteiger partial charge in [-0.25, -0.2) is 9.79 Å². The van der Waals surface area contributed by atoms with Crippen molar-refractivity contribution in [1.82, 2.24) is 14.0 Å². The fraction of sp³-hybridized carbons (Fsp3) is 0.583. The van der Waals surface area contributed by atoms with Gasteiger partial charge in [-0.2, -0.15) is 0 Å². The highest BCUT2D eigenvalue weighted by Gasteiger charge is 2.12. The molecule has 0 aliphatic rings. The fourth-order valence-electron chi connectivity index (χ4n) is 1.52. The monoisotopic (exact) mass is 252 g/mol. The summed E-state index contributed by atoms with van der Waals surface area (Å²) in [5.41, 5.74) is -0.638. The maximum Gasteiger partial charge on any atom is 0.332 e. The summed E-state index contributed by atoms with van der Waals surface area (Å²) in [6.07, 6.45) is 2.29. The molecule has 1 unspecified atom stereocenters. The Morgan fingerprint density at radius 3 is 2.56 bits per heavy atom. The van der Waals surface area contributed by atoms with Gasteiger partial charge in [0, 0.05) is 33.3 Å². The number of hydrogen-bond donors (Lipinski definition) is 0. The Hall–Kier alpha value is -1.85. The molecule has 0 saturated heterocycles. The molecule has 1 aromatic heterocycles. The molecule has 0 aromatic carbocycles. The van der Waals surface area contributed by atoms with Crippen molar-refractivity contribution in [3.8, 4) is 0 Å². The SMILES string of the molecule is CCC(C)n1c(=O)cc(N=CN(C)C)n(C)c1=O. The number of rotatable bonds is 4. The van der Waals surface area contributed by atoms with E-state index in [1.165, 1.54) is 15.2 Å². The lowest BCUT2D eigenvalue weighted by Gasteiger charge is -2.14. The van der Waals surface area contributed by atoms with E-state index in [2.05, 4.69) is 4.99 Å². The Kier molecular flexibility index (Phi) is 4.47. The number of aromatic nitrogens is 2. The zero-order valence-corrected chi connectivity index (χ0v) is 11.5. The highest BCUT2D eigenvalue weighted by molar-refractivity contribution is 5.58. The second-order valence-electron chi connectivity index (χ2n) is 4.52. The molecule has 0 bridgehead atoms. The van der Waals surface area contributed by atoms with Gasteiger partial charge in [-0.3, -0.25) is 13.9 Å². The first kappa shape index (κ1) is 14.2. The molecule has 18 heavy (non-hydrogen) atoms. The van der Waals surface area contributed by atoms with Crippen LogP contribution in [0.5, 0.6) is 0 Å². The highest BCUT2D eigenvalue weighted by Crippen LogP contribution is 2.07. The van der Waals surface area contributed by atoms with E-state index in [0.717, 1.165) is 6.42 Å². The molecule has 1 atom stereocenters. The smallest absolute Gasteiger partial charge is 0.332 e. The molecule has 0 N–H and O–H groups in total. The van der Waals surface area contributed by atoms with Crippen LogP contribution in [-0.2, 0) is 7.05 Å². The lowest BCUT2D eigenvalue weighted by atomic mass is 10.2. The van der Waals surface area contributed by atoms with Crippen LogP contribution in [0.4, 0.5) is 5.82 Å². The van der Waals surface area contributed by atoms with Crippen LogP contribution in [0.3, 0.4) is 0 Å². The fourth-order valence-corrected chi connectivity index (χ4v) is 1.52. The van der Waals surface area contributed by atoms with Crippen molar-refractivity contribution in [3.05, 3.63) is 26.9 Å². The van der Waals surface area contributed by atoms with Crippen LogP contribution < -0.4 is 11.2 Å². The Balaban J connectivity index is 3.38. The van der Waals surface area contributed by atoms with E-state index < -0.39 is 0 Å². The van der Waals surface area contributed by atoms with Gasteiger partial charge < -0.3 is 4.90 Å². The number of aliphatic imine (C=N–C) groups is 1. The molecule has 0 fully saturated rings. The maximum absolute atomic E-state index is 12.1. The molecule has 1 rings (SSSR count). The van der Waals surface area contributed by atoms with Crippen molar-refractivity contribution in [2.24, 2.45) is 12.0 Å². The van der Waals surface area contributed by atoms with Crippen molar-refractivity contribution in [2.75, 3.05) is 14.1 Å². The van der Waals surface area contributed by atoms with Crippen LogP contribution in [0.1, 0.15) is 26.3 Å². The van der Waals surface area contributed by atoms with E-state index in [0.29, 0.717) is 5.82 Å². The predicted molar refractivity (Wildman–Crippen MR) is 72.8 cm³/mol. The van der Waals surface area contributed by atoms with Crippen LogP contribution in [0, 0.1) is 0 Å². The zero-order valence-electron chi connectivity index (χ0n) is 11.5. The second-order valence-corrected chi connectivity index (χ2v) is 4.52. The van der Waals surface area contributed by atoms with Crippen LogP contribution in [-0.4, -0.2) is 34.5 Å². The lowest BCUT2D eigenvalue weighted by molar-refractivity contribution is 0.475. The molecule has 0 aliphatic carbocycles. The summed E-state index contributed by atoms with van der Waals surface area (Å²) < 4.78 is 2.64. The van der Waals surface area contributed by atoms with E-state index in [4.69, 9.17) is 0 Å². The zero-order chi connectivity index (χ0) is 13.9. The first-order chi connectivity index (χ1) is 8.38. The van der Waals surface area contributed by atoms with Crippen molar-refractivity contribution in [1.29, 1.82) is 0 Å². The van der Waals surface area contributed by atoms with Gasteiger partial charge in [-0.05, 0) is 13.3 Å². The normalized spacial score (nSPS) is 12.9. The molecule has 0 aliphatic heterocycles. The molecule has 1 aromatic rings. The van der Waals surface area contributed by atoms with Gasteiger partial charge >= 0.3 is 5.69 Å². The summed E-state index contributed by atoms with van der Waals surface area (Å²) >= 11 is 0. The van der Waals surface area contributed by atoms with E-state index in [1.807, 2.05) is 27.9 Å². The maximum atomic E-state index is 12.1. The average Bonchev–Trinajstić information content (AvgIpc) is 2.31. The second kappa shape index (κ2) is 5.66. The molecule has 0 amide bonds. The van der Waals surface area contributed by atoms with E-state index in [1.54, 1.807) is 18.3 Å². The highest BCUT2D eigenvalue weighted by atomic mass is 16.2. The molecule has 100 valence electrons. The van der Waals surface area contributed by atoms with Crippen molar-refractivity contribution >= 4 is 12.2 Å². The molecule has 6 nitrogen and oxygen atoms in total. The third-order valence-electron chi connectivity index (χ3n) is 2.78. The molecule has 1 heterocycles. The summed E-state index contributed by atoms with van der Waals surface area (Å²) in [7, 11) is 5.26. The van der Waals surface area contributed by atoms with Crippen molar-refractivity contribution in [2.45, 2.75) is 26.3 Å². The van der Waals surface area contributed by atoms with Gasteiger partial charge in [0.25, 0.3) is 5.56 Å². The number of hydrogen-bond acceptors (Lipinski definition) is 3. The Morgan fingerprint density at radius 1 is 1.44 bits per heavy atom. The average molecular weight is 252 g/mol. The largest absolute Gasteiger partial charge is 0.369 e. The third-order valence-corrected chi connectivity index (χ3v) is 2.78. The molecule has 0 saturated carbocycles. The Morgan fingerprint density at radius 2 is 2.06 bits per heavy atom. The molecule has 6 heteroatoms. The van der Waals surface area contributed by atoms with Crippen molar-refractivity contribution < 1.29 is 0 Å². The minimum atomic E-state index is -0.331. The molecule has 0 radical (unpaired) electrons. The van der Waals surface area contributed by atoms with Crippen LogP contribution >= 0.6 is 0 Å². The summed E-state index contributed by atoms with van der Waals surface area (Å²) in [6.45, 7) is 3.79. The molecule has 0 spiro atoms. The molecular weight excluding hydrogens is 232 g/mol. The van der Waals surface area contributed by atoms with Gasteiger partial charge in [-0.15, -0.1) is 0 Å². The Bertz CT molecular complexity index is 554. The van der Waals surface area contributed by atoms with Crippen LogP contribution in [0.25, 0.3) is 0 Å². The van der Waals surface area contributed by atoms with Gasteiger partial charge in [0.2, 0.25) is 0 Å². The topological polar surface area (TPSA) is 59.6 Å². The van der Waals surface area contributed by atoms with Gasteiger partial charge in [0.15, 0.2) is 0 Å². The minimum absolute atomic E-state index is 0.108. The lowest BCUT2D eigenvalue weighted by Crippen LogP contribution is -2.39. The van der Waals surface area contributed by atoms with E-state index in [-0.39, 0.29) is 17.3 Å². The van der Waals surface area contributed by atoms with Gasteiger partial charge in [-0.1, -0.05) is 6.92 Å². The molecular formula is C12H20N4O2. The number of nitrogens with zero attached hydrogens (tertiary/aromatic N) is 4. The van der Waals surface area contributed by atoms with E-state index >= 15 is 0 Å². The minimum Gasteiger partial charge on any atom is -0.369 e. The predicted octanol–water partition coefficient (Wildman–Crippen LogP) is 0.739. The quantitative estimate of drug-likeness (QED) is 0.586. The standard InChI is InChI=1S/C12H20N4O2/c1-6-9(2)16-11(17)7-10(13-8-14(3)4)15(5)12(16)18/h7-9H,6H2,1-5H3. The summed E-state index contributed by atoms with van der Waals surface area (Å²) in [5.74, 6) is 0.359. The Labute approximate surface area is 106 Å². The van der Waals surface area contributed by atoms with Gasteiger partial charge in [0.1, 0.15) is 5.82 Å². The van der Waals surface area contributed by atoms with Crippen molar-refractivity contribution in [3.63, 3.8) is 0 Å². The summed E-state index contributed by atoms with van der Waals surface area (Å²) in [4.78, 5) is 29.9. The van der Waals surface area contributed by atoms with E-state index in [9.17, 15) is 9.59 Å². The van der Waals surface area contributed by atoms with Crippen LogP contribution in [0.2, 0.25) is 0 Å². The summed E-state index contributed by atoms with van der Waals surface area (Å²) in [6, 6.07) is 1.27. The first-order valence-corrected chi connectivity index (χ1v) is 5.91.